The predicted octanol–water partition coefficient (Wildman–Crippen LogP) is 7.11. The molecule has 1 N–H and O–H groups in total. The lowest BCUT2D eigenvalue weighted by Gasteiger charge is -2.58. The molecule has 3 fully saturated rings. The van der Waals surface area contributed by atoms with Crippen molar-refractivity contribution in [2.24, 2.45) is 40.4 Å². The van der Waals surface area contributed by atoms with Gasteiger partial charge in [0, 0.05) is 38.6 Å². The van der Waals surface area contributed by atoms with E-state index >= 15 is 0 Å². The minimum atomic E-state index is -0.0219. The molecule has 0 aromatic rings. The van der Waals surface area contributed by atoms with Gasteiger partial charge >= 0.3 is 5.97 Å². The Bertz CT molecular complexity index is 999. The van der Waals surface area contributed by atoms with Crippen molar-refractivity contribution >= 4 is 11.9 Å². The molecule has 212 valence electrons. The molecule has 0 saturated heterocycles. The molecule has 5 heteroatoms. The number of rotatable bonds is 8. The first-order valence-corrected chi connectivity index (χ1v) is 15.6. The molecule has 9 atom stereocenters. The molecule has 0 radical (unpaired) electrons. The standard InChI is InChI=1S/C33H51NO4/c1-7-8-30(36)37-24-13-15-32(5)23(17-24)10-11-25-26(32)14-16-33(6)27(25)18-29-31(33)21(3)28(38-29)12-9-20(2)19-34-22(4)35/h10,20,24-27,29,31H,7-9,11-19H2,1-6H3,(H,34,35)/t20-,24+,25-,26-,27-,29-,31+,32-,33-/m0/s1. The minimum Gasteiger partial charge on any atom is -0.494 e. The average molecular weight is 526 g/mol. The normalized spacial score (nSPS) is 40.2. The summed E-state index contributed by atoms with van der Waals surface area (Å²) in [6, 6.07) is 0. The van der Waals surface area contributed by atoms with Crippen LogP contribution in [-0.2, 0) is 19.1 Å². The number of ether oxygens (including phenoxy) is 2. The zero-order chi connectivity index (χ0) is 27.2. The van der Waals surface area contributed by atoms with Gasteiger partial charge in [0.2, 0.25) is 5.91 Å². The third-order valence-electron chi connectivity index (χ3n) is 11.6. The number of carbonyl (C=O) groups is 2. The largest absolute Gasteiger partial charge is 0.494 e. The fourth-order valence-corrected chi connectivity index (χ4v) is 9.56. The van der Waals surface area contributed by atoms with Gasteiger partial charge in [0.25, 0.3) is 0 Å². The first-order valence-electron chi connectivity index (χ1n) is 15.6. The molecule has 0 bridgehead atoms. The monoisotopic (exact) mass is 525 g/mol. The van der Waals surface area contributed by atoms with Gasteiger partial charge in [-0.3, -0.25) is 9.59 Å². The molecule has 0 spiro atoms. The highest BCUT2D eigenvalue weighted by atomic mass is 16.5. The Labute approximate surface area is 230 Å². The Morgan fingerprint density at radius 3 is 2.74 bits per heavy atom. The molecular weight excluding hydrogens is 474 g/mol. The number of hydrogen-bond acceptors (Lipinski definition) is 4. The predicted molar refractivity (Wildman–Crippen MR) is 150 cm³/mol. The van der Waals surface area contributed by atoms with E-state index < -0.39 is 0 Å². The van der Waals surface area contributed by atoms with E-state index in [9.17, 15) is 9.59 Å². The molecule has 0 aromatic carbocycles. The summed E-state index contributed by atoms with van der Waals surface area (Å²) >= 11 is 0. The molecule has 5 rings (SSSR count). The van der Waals surface area contributed by atoms with E-state index in [0.717, 1.165) is 62.8 Å². The maximum Gasteiger partial charge on any atom is 0.306 e. The number of esters is 1. The number of allylic oxidation sites excluding steroid dienone is 2. The van der Waals surface area contributed by atoms with E-state index in [-0.39, 0.29) is 23.4 Å². The second kappa shape index (κ2) is 10.7. The van der Waals surface area contributed by atoms with Crippen molar-refractivity contribution in [1.29, 1.82) is 0 Å². The third-order valence-corrected chi connectivity index (χ3v) is 11.6. The van der Waals surface area contributed by atoms with E-state index in [4.69, 9.17) is 9.47 Å². The van der Waals surface area contributed by atoms with Crippen molar-refractivity contribution in [3.63, 3.8) is 0 Å². The lowest BCUT2D eigenvalue weighted by Crippen LogP contribution is -2.50. The Hall–Kier alpha value is -1.78. The van der Waals surface area contributed by atoms with Gasteiger partial charge in [-0.1, -0.05) is 39.3 Å². The van der Waals surface area contributed by atoms with Crippen LogP contribution in [0.1, 0.15) is 112 Å². The zero-order valence-corrected chi connectivity index (χ0v) is 24.7. The molecule has 5 nitrogen and oxygen atoms in total. The highest BCUT2D eigenvalue weighted by Crippen LogP contribution is 2.69. The van der Waals surface area contributed by atoms with Gasteiger partial charge in [0.15, 0.2) is 0 Å². The van der Waals surface area contributed by atoms with Crippen molar-refractivity contribution in [3.8, 4) is 0 Å². The van der Waals surface area contributed by atoms with Gasteiger partial charge < -0.3 is 14.8 Å². The highest BCUT2D eigenvalue weighted by molar-refractivity contribution is 5.72. The molecule has 1 heterocycles. The van der Waals surface area contributed by atoms with Gasteiger partial charge in [-0.15, -0.1) is 0 Å². The summed E-state index contributed by atoms with van der Waals surface area (Å²) in [6.07, 6.45) is 14.5. The number of amides is 1. The van der Waals surface area contributed by atoms with Crippen LogP contribution in [-0.4, -0.2) is 30.6 Å². The van der Waals surface area contributed by atoms with Crippen LogP contribution >= 0.6 is 0 Å². The van der Waals surface area contributed by atoms with Crippen LogP contribution in [0.2, 0.25) is 0 Å². The summed E-state index contributed by atoms with van der Waals surface area (Å²) in [5.74, 6) is 4.49. The van der Waals surface area contributed by atoms with E-state index in [0.29, 0.717) is 29.8 Å². The summed E-state index contributed by atoms with van der Waals surface area (Å²) < 4.78 is 12.6. The lowest BCUT2D eigenvalue weighted by atomic mass is 9.47. The van der Waals surface area contributed by atoms with Crippen LogP contribution in [0.25, 0.3) is 0 Å². The number of nitrogens with one attached hydrogen (secondary N) is 1. The van der Waals surface area contributed by atoms with E-state index in [1.54, 1.807) is 12.5 Å². The summed E-state index contributed by atoms with van der Waals surface area (Å²) in [5.41, 5.74) is 3.67. The SMILES string of the molecule is CCCC(=O)O[C@@H]1CC[C@@]2(C)C(=CC[C@@H]3[C@@H]4C[C@@H]5OC(CC[C@H](C)CNC(C)=O)=C(C)[C@H]5[C@@]4(C)CC[C@@H]32)C1. The van der Waals surface area contributed by atoms with E-state index in [1.807, 2.05) is 6.92 Å². The molecule has 4 aliphatic carbocycles. The van der Waals surface area contributed by atoms with Crippen molar-refractivity contribution in [2.75, 3.05) is 6.54 Å². The van der Waals surface area contributed by atoms with Crippen LogP contribution in [0.4, 0.5) is 0 Å². The maximum atomic E-state index is 12.1. The molecule has 0 aromatic heterocycles. The Morgan fingerprint density at radius 1 is 1.21 bits per heavy atom. The summed E-state index contributed by atoms with van der Waals surface area (Å²) in [4.78, 5) is 23.4. The highest BCUT2D eigenvalue weighted by Gasteiger charge is 2.63. The molecule has 38 heavy (non-hydrogen) atoms. The average Bonchev–Trinajstić information content (AvgIpc) is 3.34. The summed E-state index contributed by atoms with van der Waals surface area (Å²) in [6.45, 7) is 14.0. The Morgan fingerprint density at radius 2 is 2.00 bits per heavy atom. The first-order chi connectivity index (χ1) is 18.1. The minimum absolute atomic E-state index is 0.0219. The maximum absolute atomic E-state index is 12.1. The lowest BCUT2D eigenvalue weighted by molar-refractivity contribution is -0.151. The van der Waals surface area contributed by atoms with Crippen LogP contribution in [0, 0.1) is 40.4 Å². The van der Waals surface area contributed by atoms with Gasteiger partial charge in [0.05, 0.1) is 5.76 Å². The van der Waals surface area contributed by atoms with Crippen molar-refractivity contribution < 1.29 is 19.1 Å². The topological polar surface area (TPSA) is 64.6 Å². The van der Waals surface area contributed by atoms with Gasteiger partial charge in [-0.05, 0) is 98.4 Å². The summed E-state index contributed by atoms with van der Waals surface area (Å²) in [7, 11) is 0. The van der Waals surface area contributed by atoms with E-state index in [1.165, 1.54) is 37.0 Å². The number of fused-ring (bicyclic) bond motifs is 7. The first kappa shape index (κ1) is 27.8. The van der Waals surface area contributed by atoms with Gasteiger partial charge in [-0.2, -0.15) is 0 Å². The van der Waals surface area contributed by atoms with Gasteiger partial charge in [0.1, 0.15) is 12.2 Å². The quantitative estimate of drug-likeness (QED) is 0.271. The van der Waals surface area contributed by atoms with Crippen molar-refractivity contribution in [1.82, 2.24) is 5.32 Å². The second-order valence-electron chi connectivity index (χ2n) is 14.0. The van der Waals surface area contributed by atoms with Crippen LogP contribution in [0.15, 0.2) is 23.0 Å². The third kappa shape index (κ3) is 4.85. The van der Waals surface area contributed by atoms with E-state index in [2.05, 4.69) is 39.1 Å². The molecule has 1 aliphatic heterocycles. The molecule has 5 aliphatic rings. The van der Waals surface area contributed by atoms with Gasteiger partial charge in [-0.25, -0.2) is 0 Å². The Balaban J connectivity index is 1.26. The second-order valence-corrected chi connectivity index (χ2v) is 14.0. The number of hydrogen-bond donors (Lipinski definition) is 1. The van der Waals surface area contributed by atoms with Crippen molar-refractivity contribution in [2.45, 2.75) is 124 Å². The van der Waals surface area contributed by atoms with Crippen LogP contribution in [0.3, 0.4) is 0 Å². The molecule has 3 saturated carbocycles. The fourth-order valence-electron chi connectivity index (χ4n) is 9.56. The molecule has 0 unspecified atom stereocenters. The molecular formula is C33H51NO4. The fraction of sp³-hybridized carbons (Fsp3) is 0.818. The van der Waals surface area contributed by atoms with Crippen LogP contribution in [0.5, 0.6) is 0 Å². The number of carbonyl (C=O) groups excluding carboxylic acids is 2. The summed E-state index contributed by atoms with van der Waals surface area (Å²) in [5, 5.41) is 2.96. The smallest absolute Gasteiger partial charge is 0.306 e. The van der Waals surface area contributed by atoms with Crippen LogP contribution < -0.4 is 5.32 Å². The van der Waals surface area contributed by atoms with Crippen molar-refractivity contribution in [3.05, 3.63) is 23.0 Å². The Kier molecular flexibility index (Phi) is 7.79. The zero-order valence-electron chi connectivity index (χ0n) is 24.7. The molecule has 1 amide bonds.